The molecule has 7 heteroatoms. The third-order valence-corrected chi connectivity index (χ3v) is 2.97. The summed E-state index contributed by atoms with van der Waals surface area (Å²) in [4.78, 5) is 28.6. The summed E-state index contributed by atoms with van der Waals surface area (Å²) in [5.41, 5.74) is -0.245. The van der Waals surface area contributed by atoms with Crippen LogP contribution >= 0.6 is 11.6 Å². The monoisotopic (exact) mass is 294 g/mol. The number of nitrogens with zero attached hydrogens (tertiary/aromatic N) is 1. The lowest BCUT2D eigenvalue weighted by atomic mass is 10.1. The van der Waals surface area contributed by atoms with Gasteiger partial charge in [-0.2, -0.15) is 0 Å². The van der Waals surface area contributed by atoms with E-state index in [4.69, 9.17) is 21.4 Å². The number of carbonyl (C=O) groups is 1. The fraction of sp³-hybridized carbons (Fsp3) is 0.154. The molecule has 0 spiro atoms. The van der Waals surface area contributed by atoms with Gasteiger partial charge in [0.05, 0.1) is 12.1 Å². The number of hydrogen-bond acceptors (Lipinski definition) is 4. The van der Waals surface area contributed by atoms with Gasteiger partial charge in [0.25, 0.3) is 5.56 Å². The molecule has 1 aromatic carbocycles. The fourth-order valence-corrected chi connectivity index (χ4v) is 1.97. The molecule has 2 aromatic rings. The van der Waals surface area contributed by atoms with E-state index in [-0.39, 0.29) is 5.56 Å². The number of methoxy groups -OCH3 is 1. The van der Waals surface area contributed by atoms with Crippen molar-refractivity contribution in [1.82, 2.24) is 9.97 Å². The first-order valence-corrected chi connectivity index (χ1v) is 6.03. The van der Waals surface area contributed by atoms with Gasteiger partial charge < -0.3 is 14.8 Å². The average molecular weight is 295 g/mol. The number of benzene rings is 1. The molecule has 2 N–H and O–H groups in total. The van der Waals surface area contributed by atoms with Crippen LogP contribution in [0.5, 0.6) is 5.75 Å². The number of carboxylic acids is 1. The van der Waals surface area contributed by atoms with Gasteiger partial charge in [0.15, 0.2) is 0 Å². The number of aromatic amines is 1. The van der Waals surface area contributed by atoms with Crippen molar-refractivity contribution < 1.29 is 14.6 Å². The molecule has 0 radical (unpaired) electrons. The average Bonchev–Trinajstić information content (AvgIpc) is 2.38. The molecule has 0 aliphatic rings. The Hall–Kier alpha value is -2.34. The molecular formula is C13H11ClN2O4. The lowest BCUT2D eigenvalue weighted by molar-refractivity contribution is 0.0694. The molecule has 0 atom stereocenters. The minimum absolute atomic E-state index is 0.332. The van der Waals surface area contributed by atoms with Gasteiger partial charge in [-0.05, 0) is 17.7 Å². The highest BCUT2D eigenvalue weighted by Gasteiger charge is 2.10. The predicted molar refractivity (Wildman–Crippen MR) is 72.6 cm³/mol. The number of hydrogen-bond donors (Lipinski definition) is 2. The molecule has 0 unspecified atom stereocenters. The van der Waals surface area contributed by atoms with Crippen LogP contribution in [0.15, 0.2) is 29.2 Å². The van der Waals surface area contributed by atoms with E-state index in [9.17, 15) is 9.59 Å². The Morgan fingerprint density at radius 1 is 1.50 bits per heavy atom. The fourth-order valence-electron chi connectivity index (χ4n) is 1.69. The van der Waals surface area contributed by atoms with E-state index in [0.717, 1.165) is 11.8 Å². The Morgan fingerprint density at radius 2 is 2.25 bits per heavy atom. The Balaban J connectivity index is 2.26. The molecular weight excluding hydrogens is 284 g/mol. The Kier molecular flexibility index (Phi) is 4.05. The highest BCUT2D eigenvalue weighted by Crippen LogP contribution is 2.25. The Labute approximate surface area is 119 Å². The second-order valence-electron chi connectivity index (χ2n) is 4.02. The lowest BCUT2D eigenvalue weighted by Crippen LogP contribution is -2.20. The summed E-state index contributed by atoms with van der Waals surface area (Å²) in [6.45, 7) is 0. The van der Waals surface area contributed by atoms with Crippen LogP contribution in [0, 0.1) is 0 Å². The smallest absolute Gasteiger partial charge is 0.342 e. The van der Waals surface area contributed by atoms with E-state index in [1.807, 2.05) is 0 Å². The van der Waals surface area contributed by atoms with E-state index < -0.39 is 11.5 Å². The topological polar surface area (TPSA) is 92.3 Å². The molecule has 0 saturated heterocycles. The van der Waals surface area contributed by atoms with Gasteiger partial charge in [-0.15, -0.1) is 0 Å². The molecule has 0 aliphatic heterocycles. The number of carboxylic acid groups (broad SMARTS) is 1. The lowest BCUT2D eigenvalue weighted by Gasteiger charge is -2.06. The Morgan fingerprint density at radius 3 is 2.80 bits per heavy atom. The largest absolute Gasteiger partial charge is 0.495 e. The van der Waals surface area contributed by atoms with Crippen molar-refractivity contribution in [2.45, 2.75) is 6.42 Å². The maximum Gasteiger partial charge on any atom is 0.342 e. The van der Waals surface area contributed by atoms with Gasteiger partial charge in [0.1, 0.15) is 17.1 Å². The standard InChI is InChI=1S/C13H11ClN2O4/c1-20-10-3-2-7(4-9(10)14)5-11-15-6-8(13(18)19)12(17)16-11/h2-4,6H,5H2,1H3,(H,18,19)(H,15,16,17). The van der Waals surface area contributed by atoms with Crippen LogP contribution in [-0.4, -0.2) is 28.2 Å². The second-order valence-corrected chi connectivity index (χ2v) is 4.43. The molecule has 2 rings (SSSR count). The second kappa shape index (κ2) is 5.75. The summed E-state index contributed by atoms with van der Waals surface area (Å²) in [5.74, 6) is -0.392. The highest BCUT2D eigenvalue weighted by atomic mass is 35.5. The van der Waals surface area contributed by atoms with Crippen LogP contribution in [0.4, 0.5) is 0 Å². The quantitative estimate of drug-likeness (QED) is 0.895. The molecule has 1 aromatic heterocycles. The number of rotatable bonds is 4. The summed E-state index contributed by atoms with van der Waals surface area (Å²) >= 11 is 6.00. The predicted octanol–water partition coefficient (Wildman–Crippen LogP) is 1.72. The van der Waals surface area contributed by atoms with Crippen LogP contribution in [0.25, 0.3) is 0 Å². The normalized spacial score (nSPS) is 10.3. The molecule has 0 saturated carbocycles. The zero-order valence-corrected chi connectivity index (χ0v) is 11.3. The van der Waals surface area contributed by atoms with E-state index in [0.29, 0.717) is 23.0 Å². The van der Waals surface area contributed by atoms with Crippen molar-refractivity contribution in [2.75, 3.05) is 7.11 Å². The minimum Gasteiger partial charge on any atom is -0.495 e. The van der Waals surface area contributed by atoms with Crippen LogP contribution in [-0.2, 0) is 6.42 Å². The molecule has 20 heavy (non-hydrogen) atoms. The van der Waals surface area contributed by atoms with Crippen molar-refractivity contribution in [1.29, 1.82) is 0 Å². The van der Waals surface area contributed by atoms with Gasteiger partial charge in [0.2, 0.25) is 0 Å². The Bertz CT molecular complexity index is 712. The number of halogens is 1. The van der Waals surface area contributed by atoms with E-state index in [2.05, 4.69) is 9.97 Å². The molecule has 0 fully saturated rings. The zero-order valence-electron chi connectivity index (χ0n) is 10.5. The van der Waals surface area contributed by atoms with Gasteiger partial charge in [0, 0.05) is 12.6 Å². The summed E-state index contributed by atoms with van der Waals surface area (Å²) < 4.78 is 5.04. The van der Waals surface area contributed by atoms with Crippen LogP contribution in [0.1, 0.15) is 21.7 Å². The third kappa shape index (κ3) is 2.97. The SMILES string of the molecule is COc1ccc(Cc2ncc(C(=O)O)c(=O)[nH]2)cc1Cl. The first kappa shape index (κ1) is 14.1. The molecule has 104 valence electrons. The number of H-pyrrole nitrogens is 1. The van der Waals surface area contributed by atoms with Crippen LogP contribution < -0.4 is 10.3 Å². The summed E-state index contributed by atoms with van der Waals surface area (Å²) in [7, 11) is 1.52. The van der Waals surface area contributed by atoms with Crippen molar-refractivity contribution in [2.24, 2.45) is 0 Å². The van der Waals surface area contributed by atoms with Crippen molar-refractivity contribution in [3.8, 4) is 5.75 Å². The minimum atomic E-state index is -1.31. The van der Waals surface area contributed by atoms with Gasteiger partial charge in [-0.1, -0.05) is 17.7 Å². The number of aromatic nitrogens is 2. The summed E-state index contributed by atoms with van der Waals surface area (Å²) in [6, 6.07) is 5.20. The van der Waals surface area contributed by atoms with E-state index >= 15 is 0 Å². The van der Waals surface area contributed by atoms with E-state index in [1.165, 1.54) is 7.11 Å². The summed E-state index contributed by atoms with van der Waals surface area (Å²) in [6.07, 6.45) is 1.38. The van der Waals surface area contributed by atoms with Gasteiger partial charge in [-0.3, -0.25) is 4.79 Å². The van der Waals surface area contributed by atoms with Crippen molar-refractivity contribution in [3.05, 3.63) is 56.7 Å². The number of aromatic carboxylic acids is 1. The molecule has 0 aliphatic carbocycles. The highest BCUT2D eigenvalue weighted by molar-refractivity contribution is 6.32. The summed E-state index contributed by atoms with van der Waals surface area (Å²) in [5, 5.41) is 9.20. The van der Waals surface area contributed by atoms with Crippen LogP contribution in [0.3, 0.4) is 0 Å². The maximum atomic E-state index is 11.5. The van der Waals surface area contributed by atoms with Crippen molar-refractivity contribution in [3.63, 3.8) is 0 Å². The van der Waals surface area contributed by atoms with Gasteiger partial charge >= 0.3 is 5.97 Å². The first-order valence-electron chi connectivity index (χ1n) is 5.65. The third-order valence-electron chi connectivity index (χ3n) is 2.67. The van der Waals surface area contributed by atoms with Crippen LogP contribution in [0.2, 0.25) is 5.02 Å². The zero-order chi connectivity index (χ0) is 14.7. The molecule has 1 heterocycles. The number of nitrogens with one attached hydrogen (secondary N) is 1. The first-order chi connectivity index (χ1) is 9.51. The molecule has 6 nitrogen and oxygen atoms in total. The van der Waals surface area contributed by atoms with E-state index in [1.54, 1.807) is 18.2 Å². The number of ether oxygens (including phenoxy) is 1. The van der Waals surface area contributed by atoms with Crippen molar-refractivity contribution >= 4 is 17.6 Å². The van der Waals surface area contributed by atoms with Gasteiger partial charge in [-0.25, -0.2) is 9.78 Å². The molecule has 0 amide bonds. The molecule has 0 bridgehead atoms. The maximum absolute atomic E-state index is 11.5.